The van der Waals surface area contributed by atoms with Crippen LogP contribution in [0.4, 0.5) is 0 Å². The fourth-order valence-electron chi connectivity index (χ4n) is 1.55. The molecule has 0 N–H and O–H groups in total. The lowest BCUT2D eigenvalue weighted by Gasteiger charge is -2.16. The van der Waals surface area contributed by atoms with Crippen molar-refractivity contribution in [1.82, 2.24) is 4.98 Å². The molecule has 1 aromatic rings. The fraction of sp³-hybridized carbons (Fsp3) is 0.533. The molecule has 0 aliphatic carbocycles. The summed E-state index contributed by atoms with van der Waals surface area (Å²) < 4.78 is 10.3. The van der Waals surface area contributed by atoms with Crippen LogP contribution in [0.3, 0.4) is 0 Å². The number of ether oxygens (including phenoxy) is 2. The van der Waals surface area contributed by atoms with E-state index in [1.807, 2.05) is 13.8 Å². The lowest BCUT2D eigenvalue weighted by atomic mass is 10.2. The smallest absolute Gasteiger partial charge is 0.353 e. The second kappa shape index (κ2) is 9.07. The number of aromatic nitrogens is 1. The van der Waals surface area contributed by atoms with Crippen molar-refractivity contribution in [3.05, 3.63) is 30.1 Å². The van der Waals surface area contributed by atoms with E-state index in [0.29, 0.717) is 25.1 Å². The Morgan fingerprint density at radius 3 is 2.65 bits per heavy atom. The summed E-state index contributed by atoms with van der Waals surface area (Å²) in [6.07, 6.45) is 3.11. The van der Waals surface area contributed by atoms with Crippen LogP contribution in [-0.4, -0.2) is 23.5 Å². The minimum absolute atomic E-state index is 0.293. The Bertz CT molecular complexity index is 419. The molecule has 0 amide bonds. The van der Waals surface area contributed by atoms with Gasteiger partial charge in [-0.3, -0.25) is 9.78 Å². The maximum Gasteiger partial charge on any atom is 0.353 e. The number of nitrogens with zero attached hydrogens (tertiary/aromatic N) is 1. The van der Waals surface area contributed by atoms with Gasteiger partial charge >= 0.3 is 11.9 Å². The minimum Gasteiger partial charge on any atom is -0.463 e. The zero-order valence-electron chi connectivity index (χ0n) is 12.0. The molecule has 20 heavy (non-hydrogen) atoms. The summed E-state index contributed by atoms with van der Waals surface area (Å²) in [4.78, 5) is 27.7. The standard InChI is InChI=1S/C15H21NO4/c1-3-5-9-13(17)20-14(15(18)19-11-4-2)12-8-6-7-10-16-12/h6-8,10,14H,3-5,9,11H2,1-2H3. The van der Waals surface area contributed by atoms with Crippen LogP contribution in [0.2, 0.25) is 0 Å². The molecule has 1 aromatic heterocycles. The van der Waals surface area contributed by atoms with Crippen LogP contribution in [0.1, 0.15) is 51.3 Å². The maximum absolute atomic E-state index is 12.0. The van der Waals surface area contributed by atoms with E-state index in [2.05, 4.69) is 4.98 Å². The monoisotopic (exact) mass is 279 g/mol. The highest BCUT2D eigenvalue weighted by atomic mass is 16.6. The lowest BCUT2D eigenvalue weighted by Crippen LogP contribution is -2.23. The van der Waals surface area contributed by atoms with E-state index in [9.17, 15) is 9.59 Å². The average Bonchev–Trinajstić information content (AvgIpc) is 2.49. The third kappa shape index (κ3) is 5.38. The maximum atomic E-state index is 12.0. The molecule has 0 saturated carbocycles. The SMILES string of the molecule is CCCCC(=O)OC(C(=O)OCCC)c1ccccn1. The zero-order chi connectivity index (χ0) is 14.8. The van der Waals surface area contributed by atoms with Gasteiger partial charge in [0.2, 0.25) is 6.10 Å². The Morgan fingerprint density at radius 1 is 1.25 bits per heavy atom. The molecule has 0 radical (unpaired) electrons. The van der Waals surface area contributed by atoms with Crippen molar-refractivity contribution < 1.29 is 19.1 Å². The van der Waals surface area contributed by atoms with Gasteiger partial charge in [-0.2, -0.15) is 0 Å². The number of carbonyl (C=O) groups excluding carboxylic acids is 2. The summed E-state index contributed by atoms with van der Waals surface area (Å²) in [7, 11) is 0. The fourth-order valence-corrected chi connectivity index (χ4v) is 1.55. The first-order chi connectivity index (χ1) is 9.69. The molecule has 5 heteroatoms. The predicted molar refractivity (Wildman–Crippen MR) is 73.8 cm³/mol. The molecule has 0 aliphatic rings. The second-order valence-corrected chi connectivity index (χ2v) is 4.40. The molecule has 0 saturated heterocycles. The number of hydrogen-bond donors (Lipinski definition) is 0. The molecule has 1 heterocycles. The second-order valence-electron chi connectivity index (χ2n) is 4.40. The zero-order valence-corrected chi connectivity index (χ0v) is 12.0. The van der Waals surface area contributed by atoms with Crippen molar-refractivity contribution in [2.75, 3.05) is 6.61 Å². The average molecular weight is 279 g/mol. The van der Waals surface area contributed by atoms with Crippen molar-refractivity contribution >= 4 is 11.9 Å². The molecule has 110 valence electrons. The Hall–Kier alpha value is -1.91. The number of hydrogen-bond acceptors (Lipinski definition) is 5. The van der Waals surface area contributed by atoms with Gasteiger partial charge < -0.3 is 9.47 Å². The Balaban J connectivity index is 2.74. The van der Waals surface area contributed by atoms with Crippen molar-refractivity contribution in [3.63, 3.8) is 0 Å². The quantitative estimate of drug-likeness (QED) is 0.685. The molecule has 0 spiro atoms. The van der Waals surface area contributed by atoms with E-state index in [4.69, 9.17) is 9.47 Å². The van der Waals surface area contributed by atoms with Crippen LogP contribution in [0.25, 0.3) is 0 Å². The first kappa shape index (κ1) is 16.1. The third-order valence-corrected chi connectivity index (χ3v) is 2.60. The molecule has 0 aliphatic heterocycles. The van der Waals surface area contributed by atoms with E-state index in [1.54, 1.807) is 24.4 Å². The van der Waals surface area contributed by atoms with Gasteiger partial charge in [0.25, 0.3) is 0 Å². The third-order valence-electron chi connectivity index (χ3n) is 2.60. The van der Waals surface area contributed by atoms with E-state index in [0.717, 1.165) is 12.8 Å². The number of pyridine rings is 1. The summed E-state index contributed by atoms with van der Waals surface area (Å²) in [6, 6.07) is 5.12. The van der Waals surface area contributed by atoms with Crippen molar-refractivity contribution in [2.24, 2.45) is 0 Å². The summed E-state index contributed by atoms with van der Waals surface area (Å²) in [5, 5.41) is 0. The highest BCUT2D eigenvalue weighted by Gasteiger charge is 2.27. The van der Waals surface area contributed by atoms with Crippen molar-refractivity contribution in [1.29, 1.82) is 0 Å². The Morgan fingerprint density at radius 2 is 2.05 bits per heavy atom. The number of unbranched alkanes of at least 4 members (excludes halogenated alkanes) is 1. The van der Waals surface area contributed by atoms with Crippen LogP contribution in [0, 0.1) is 0 Å². The molecule has 1 rings (SSSR count). The first-order valence-corrected chi connectivity index (χ1v) is 6.96. The molecule has 1 atom stereocenters. The lowest BCUT2D eigenvalue weighted by molar-refractivity contribution is -0.169. The van der Waals surface area contributed by atoms with E-state index in [1.165, 1.54) is 0 Å². The molecule has 0 aromatic carbocycles. The number of carbonyl (C=O) groups is 2. The highest BCUT2D eigenvalue weighted by Crippen LogP contribution is 2.18. The molecular formula is C15H21NO4. The summed E-state index contributed by atoms with van der Waals surface area (Å²) in [5.41, 5.74) is 0.387. The molecule has 0 bridgehead atoms. The van der Waals surface area contributed by atoms with Gasteiger partial charge in [0.1, 0.15) is 0 Å². The first-order valence-electron chi connectivity index (χ1n) is 6.96. The van der Waals surface area contributed by atoms with Gasteiger partial charge in [0.15, 0.2) is 0 Å². The van der Waals surface area contributed by atoms with Gasteiger partial charge in [-0.05, 0) is 25.0 Å². The minimum atomic E-state index is -1.08. The van der Waals surface area contributed by atoms with E-state index in [-0.39, 0.29) is 0 Å². The molecular weight excluding hydrogens is 258 g/mol. The van der Waals surface area contributed by atoms with Gasteiger partial charge in [-0.15, -0.1) is 0 Å². The molecule has 5 nitrogen and oxygen atoms in total. The summed E-state index contributed by atoms with van der Waals surface area (Å²) in [6.45, 7) is 4.18. The van der Waals surface area contributed by atoms with Gasteiger partial charge in [0.05, 0.1) is 12.3 Å². The van der Waals surface area contributed by atoms with Crippen molar-refractivity contribution in [2.45, 2.75) is 45.6 Å². The van der Waals surface area contributed by atoms with Gasteiger partial charge in [-0.25, -0.2) is 4.79 Å². The summed E-state index contributed by atoms with van der Waals surface area (Å²) >= 11 is 0. The summed E-state index contributed by atoms with van der Waals surface area (Å²) in [5.74, 6) is -0.980. The largest absolute Gasteiger partial charge is 0.463 e. The van der Waals surface area contributed by atoms with Crippen LogP contribution >= 0.6 is 0 Å². The topological polar surface area (TPSA) is 65.5 Å². The molecule has 0 fully saturated rings. The highest BCUT2D eigenvalue weighted by molar-refractivity contribution is 5.80. The van der Waals surface area contributed by atoms with Gasteiger partial charge in [-0.1, -0.05) is 26.3 Å². The Kier molecular flexibility index (Phi) is 7.32. The Labute approximate surface area is 119 Å². The van der Waals surface area contributed by atoms with E-state index >= 15 is 0 Å². The normalized spacial score (nSPS) is 11.7. The van der Waals surface area contributed by atoms with Crippen LogP contribution in [-0.2, 0) is 19.1 Å². The van der Waals surface area contributed by atoms with Gasteiger partial charge in [0, 0.05) is 12.6 Å². The van der Waals surface area contributed by atoms with Crippen LogP contribution in [0.5, 0.6) is 0 Å². The van der Waals surface area contributed by atoms with Crippen molar-refractivity contribution in [3.8, 4) is 0 Å². The number of esters is 2. The number of rotatable bonds is 8. The van der Waals surface area contributed by atoms with E-state index < -0.39 is 18.0 Å². The van der Waals surface area contributed by atoms with Crippen LogP contribution < -0.4 is 0 Å². The predicted octanol–water partition coefficient (Wildman–Crippen LogP) is 2.81. The molecule has 1 unspecified atom stereocenters. The van der Waals surface area contributed by atoms with Crippen LogP contribution in [0.15, 0.2) is 24.4 Å².